The van der Waals surface area contributed by atoms with Crippen LogP contribution in [0.15, 0.2) is 30.5 Å². The summed E-state index contributed by atoms with van der Waals surface area (Å²) in [6.45, 7) is 0. The molecule has 0 aliphatic rings. The van der Waals surface area contributed by atoms with Crippen molar-refractivity contribution in [3.05, 3.63) is 35.2 Å². The van der Waals surface area contributed by atoms with E-state index in [1.165, 1.54) is 7.05 Å². The number of nitrogens with zero attached hydrogens (tertiary/aromatic N) is 2. The van der Waals surface area contributed by atoms with Gasteiger partial charge in [0.05, 0.1) is 5.69 Å². The lowest BCUT2D eigenvalue weighted by atomic mass is 10.2. The Morgan fingerprint density at radius 1 is 1.58 bits per heavy atom. The zero-order valence-corrected chi connectivity index (χ0v) is 10.9. The van der Waals surface area contributed by atoms with Gasteiger partial charge in [-0.2, -0.15) is 0 Å². The van der Waals surface area contributed by atoms with Gasteiger partial charge in [0.2, 0.25) is 0 Å². The minimum absolute atomic E-state index is 0.459. The van der Waals surface area contributed by atoms with E-state index in [0.29, 0.717) is 27.0 Å². The van der Waals surface area contributed by atoms with E-state index in [1.54, 1.807) is 35.0 Å². The minimum Gasteiger partial charge on any atom is -0.384 e. The second kappa shape index (κ2) is 5.12. The number of aromatic nitrogens is 2. The first kappa shape index (κ1) is 13.1. The number of anilines is 2. The number of H-pyrrole nitrogens is 1. The Morgan fingerprint density at radius 2 is 2.32 bits per heavy atom. The average Bonchev–Trinajstić information content (AvgIpc) is 2.69. The van der Waals surface area contributed by atoms with E-state index < -0.39 is 6.03 Å². The van der Waals surface area contributed by atoms with Gasteiger partial charge in [-0.1, -0.05) is 6.07 Å². The van der Waals surface area contributed by atoms with Gasteiger partial charge in [0, 0.05) is 18.9 Å². The molecule has 0 atom stereocenters. The highest BCUT2D eigenvalue weighted by Gasteiger charge is 2.08. The van der Waals surface area contributed by atoms with Crippen LogP contribution in [0.3, 0.4) is 0 Å². The number of hydrogen-bond donors (Lipinski definition) is 4. The number of nitrogens with two attached hydrogens (primary N) is 1. The van der Waals surface area contributed by atoms with E-state index in [2.05, 4.69) is 10.3 Å². The molecule has 2 amide bonds. The Balaban J connectivity index is 2.35. The first-order valence-electron chi connectivity index (χ1n) is 5.39. The Labute approximate surface area is 114 Å². The number of amides is 2. The zero-order chi connectivity index (χ0) is 14.0. The lowest BCUT2D eigenvalue weighted by molar-refractivity contribution is -0.0118. The molecule has 0 fully saturated rings. The predicted octanol–water partition coefficient (Wildman–Crippen LogP) is 1.97. The molecule has 19 heavy (non-hydrogen) atoms. The molecule has 0 unspecified atom stereocenters. The number of hydroxylamine groups is 2. The van der Waals surface area contributed by atoms with E-state index >= 15 is 0 Å². The topological polar surface area (TPSA) is 99.3 Å². The molecule has 0 aliphatic heterocycles. The third kappa shape index (κ3) is 2.75. The molecule has 0 saturated carbocycles. The molecule has 2 rings (SSSR count). The van der Waals surface area contributed by atoms with Crippen molar-refractivity contribution in [2.24, 2.45) is 0 Å². The fraction of sp³-hybridized carbons (Fsp3) is 0.0909. The summed E-state index contributed by atoms with van der Waals surface area (Å²) in [5.41, 5.74) is 7.03. The number of carbonyl (C=O) groups excluding carboxylic acids is 1. The second-order valence-electron chi connectivity index (χ2n) is 3.86. The van der Waals surface area contributed by atoms with Crippen LogP contribution >= 0.6 is 12.2 Å². The first-order chi connectivity index (χ1) is 8.99. The monoisotopic (exact) mass is 279 g/mol. The van der Waals surface area contributed by atoms with Gasteiger partial charge in [0.25, 0.3) is 0 Å². The van der Waals surface area contributed by atoms with Crippen LogP contribution in [0.1, 0.15) is 0 Å². The maximum atomic E-state index is 11.4. The number of imidazole rings is 1. The van der Waals surface area contributed by atoms with Crippen molar-refractivity contribution in [1.29, 1.82) is 0 Å². The SMILES string of the molecule is CN(O)C(=O)Nc1cccc(-n2c(N)c[nH]c2=S)c1. The van der Waals surface area contributed by atoms with E-state index in [-0.39, 0.29) is 0 Å². The van der Waals surface area contributed by atoms with E-state index in [4.69, 9.17) is 23.2 Å². The molecule has 8 heteroatoms. The molecule has 1 aromatic heterocycles. The van der Waals surface area contributed by atoms with Crippen molar-refractivity contribution in [3.63, 3.8) is 0 Å². The van der Waals surface area contributed by atoms with Crippen molar-refractivity contribution in [2.75, 3.05) is 18.1 Å². The largest absolute Gasteiger partial charge is 0.384 e. The lowest BCUT2D eigenvalue weighted by Crippen LogP contribution is -2.27. The number of nitrogens with one attached hydrogen (secondary N) is 2. The predicted molar refractivity (Wildman–Crippen MR) is 73.9 cm³/mol. The lowest BCUT2D eigenvalue weighted by Gasteiger charge is -2.12. The van der Waals surface area contributed by atoms with Crippen LogP contribution in [-0.4, -0.2) is 32.9 Å². The highest BCUT2D eigenvalue weighted by molar-refractivity contribution is 7.71. The Hall–Kier alpha value is -2.32. The molecule has 1 heterocycles. The number of aromatic amines is 1. The van der Waals surface area contributed by atoms with Crippen molar-refractivity contribution in [2.45, 2.75) is 0 Å². The number of rotatable bonds is 2. The molecular formula is C11H13N5O2S. The van der Waals surface area contributed by atoms with Crippen molar-refractivity contribution >= 4 is 29.8 Å². The van der Waals surface area contributed by atoms with Gasteiger partial charge in [-0.05, 0) is 30.4 Å². The summed E-state index contributed by atoms with van der Waals surface area (Å²) in [7, 11) is 1.24. The summed E-state index contributed by atoms with van der Waals surface area (Å²) >= 11 is 5.12. The Bertz CT molecular complexity index is 661. The summed E-state index contributed by atoms with van der Waals surface area (Å²) in [5.74, 6) is 0.466. The maximum absolute atomic E-state index is 11.4. The summed E-state index contributed by atoms with van der Waals surface area (Å²) < 4.78 is 2.09. The van der Waals surface area contributed by atoms with Gasteiger partial charge < -0.3 is 16.0 Å². The van der Waals surface area contributed by atoms with Crippen molar-refractivity contribution in [3.8, 4) is 5.69 Å². The summed E-state index contributed by atoms with van der Waals surface area (Å²) in [5, 5.41) is 12.0. The molecule has 0 radical (unpaired) electrons. The highest BCUT2D eigenvalue weighted by atomic mass is 32.1. The number of urea groups is 1. The van der Waals surface area contributed by atoms with E-state index in [0.717, 1.165) is 0 Å². The van der Waals surface area contributed by atoms with Gasteiger partial charge >= 0.3 is 6.03 Å². The van der Waals surface area contributed by atoms with Crippen LogP contribution in [0.4, 0.5) is 16.3 Å². The summed E-state index contributed by atoms with van der Waals surface area (Å²) in [4.78, 5) is 14.2. The summed E-state index contributed by atoms with van der Waals surface area (Å²) in [6.07, 6.45) is 1.59. The first-order valence-corrected chi connectivity index (χ1v) is 5.80. The molecule has 5 N–H and O–H groups in total. The van der Waals surface area contributed by atoms with Gasteiger partial charge in [0.1, 0.15) is 5.82 Å². The Kier molecular flexibility index (Phi) is 3.54. The zero-order valence-electron chi connectivity index (χ0n) is 10.1. The quantitative estimate of drug-likeness (QED) is 0.383. The van der Waals surface area contributed by atoms with Gasteiger partial charge in [-0.25, -0.2) is 9.86 Å². The number of nitrogen functional groups attached to an aromatic ring is 1. The normalized spacial score (nSPS) is 10.2. The van der Waals surface area contributed by atoms with Crippen LogP contribution in [0.25, 0.3) is 5.69 Å². The standard InChI is InChI=1S/C11H13N5O2S/c1-15(18)10(17)14-7-3-2-4-8(5-7)16-9(12)6-13-11(16)19/h2-6,18H,12H2,1H3,(H,13,19)(H,14,17). The molecule has 0 spiro atoms. The van der Waals surface area contributed by atoms with Gasteiger partial charge in [0.15, 0.2) is 4.77 Å². The van der Waals surface area contributed by atoms with E-state index in [1.807, 2.05) is 0 Å². The van der Waals surface area contributed by atoms with Crippen LogP contribution < -0.4 is 11.1 Å². The van der Waals surface area contributed by atoms with Crippen LogP contribution in [-0.2, 0) is 0 Å². The third-order valence-electron chi connectivity index (χ3n) is 2.45. The third-order valence-corrected chi connectivity index (χ3v) is 2.75. The molecule has 7 nitrogen and oxygen atoms in total. The molecule has 0 aliphatic carbocycles. The number of carbonyl (C=O) groups is 1. The van der Waals surface area contributed by atoms with E-state index in [9.17, 15) is 4.79 Å². The second-order valence-corrected chi connectivity index (χ2v) is 4.24. The molecule has 1 aromatic carbocycles. The number of benzene rings is 1. The molecule has 0 bridgehead atoms. The molecule has 2 aromatic rings. The smallest absolute Gasteiger partial charge is 0.345 e. The highest BCUT2D eigenvalue weighted by Crippen LogP contribution is 2.18. The van der Waals surface area contributed by atoms with Crippen LogP contribution in [0.5, 0.6) is 0 Å². The van der Waals surface area contributed by atoms with Crippen molar-refractivity contribution in [1.82, 2.24) is 14.6 Å². The van der Waals surface area contributed by atoms with Gasteiger partial charge in [-0.15, -0.1) is 0 Å². The molecule has 0 saturated heterocycles. The van der Waals surface area contributed by atoms with Gasteiger partial charge in [-0.3, -0.25) is 9.77 Å². The minimum atomic E-state index is -0.636. The fourth-order valence-electron chi connectivity index (χ4n) is 1.58. The van der Waals surface area contributed by atoms with Crippen LogP contribution in [0.2, 0.25) is 0 Å². The van der Waals surface area contributed by atoms with Crippen molar-refractivity contribution < 1.29 is 10.0 Å². The summed E-state index contributed by atoms with van der Waals surface area (Å²) in [6, 6.07) is 6.30. The average molecular weight is 279 g/mol. The van der Waals surface area contributed by atoms with Crippen LogP contribution in [0, 0.1) is 4.77 Å². The fourth-order valence-corrected chi connectivity index (χ4v) is 1.85. The molecule has 100 valence electrons. The Morgan fingerprint density at radius 3 is 2.89 bits per heavy atom. The number of hydrogen-bond acceptors (Lipinski definition) is 4. The maximum Gasteiger partial charge on any atom is 0.345 e. The molecular weight excluding hydrogens is 266 g/mol.